The van der Waals surface area contributed by atoms with Crippen LogP contribution in [0.2, 0.25) is 0 Å². The van der Waals surface area contributed by atoms with Gasteiger partial charge in [-0.3, -0.25) is 0 Å². The predicted octanol–water partition coefficient (Wildman–Crippen LogP) is 3.38. The number of hydrogen-bond donors (Lipinski definition) is 1. The van der Waals surface area contributed by atoms with Crippen molar-refractivity contribution in [2.45, 2.75) is 25.8 Å². The molecule has 1 saturated heterocycles. The quantitative estimate of drug-likeness (QED) is 0.826. The molecule has 0 aromatic heterocycles. The van der Waals surface area contributed by atoms with E-state index < -0.39 is 0 Å². The summed E-state index contributed by atoms with van der Waals surface area (Å²) in [5.74, 6) is 0.800. The van der Waals surface area contributed by atoms with Crippen LogP contribution in [-0.2, 0) is 6.42 Å². The third-order valence-corrected chi connectivity index (χ3v) is 4.01. The van der Waals surface area contributed by atoms with Crippen LogP contribution in [0.15, 0.2) is 42.5 Å². The molecule has 1 aliphatic rings. The second kappa shape index (κ2) is 4.50. The summed E-state index contributed by atoms with van der Waals surface area (Å²) >= 11 is 0. The van der Waals surface area contributed by atoms with Gasteiger partial charge in [0.1, 0.15) is 0 Å². The Kier molecular flexibility index (Phi) is 2.86. The average molecular weight is 225 g/mol. The van der Waals surface area contributed by atoms with Crippen LogP contribution in [0.3, 0.4) is 0 Å². The van der Waals surface area contributed by atoms with E-state index in [1.54, 1.807) is 0 Å². The van der Waals surface area contributed by atoms with Gasteiger partial charge in [-0.1, -0.05) is 49.4 Å². The maximum atomic E-state index is 3.62. The molecule has 1 N–H and O–H groups in total. The first-order valence-electron chi connectivity index (χ1n) is 6.54. The van der Waals surface area contributed by atoms with E-state index in [2.05, 4.69) is 54.7 Å². The van der Waals surface area contributed by atoms with Crippen LogP contribution in [0.1, 0.15) is 18.9 Å². The summed E-state index contributed by atoms with van der Waals surface area (Å²) in [6, 6.07) is 16.0. The fourth-order valence-electron chi connectivity index (χ4n) is 2.88. The fourth-order valence-corrected chi connectivity index (χ4v) is 2.88. The molecule has 0 amide bonds. The molecule has 2 atom stereocenters. The minimum atomic E-state index is 0.654. The lowest BCUT2D eigenvalue weighted by atomic mass is 9.93. The van der Waals surface area contributed by atoms with Crippen molar-refractivity contribution >= 4 is 10.8 Å². The summed E-state index contributed by atoms with van der Waals surface area (Å²) in [5.41, 5.74) is 1.48. The molecule has 0 saturated carbocycles. The van der Waals surface area contributed by atoms with Crippen LogP contribution < -0.4 is 5.32 Å². The van der Waals surface area contributed by atoms with Gasteiger partial charge in [0.2, 0.25) is 0 Å². The molecule has 88 valence electrons. The number of hydrogen-bond acceptors (Lipinski definition) is 1. The van der Waals surface area contributed by atoms with Gasteiger partial charge in [-0.15, -0.1) is 0 Å². The molecule has 2 unspecified atom stereocenters. The van der Waals surface area contributed by atoms with E-state index in [9.17, 15) is 0 Å². The Hall–Kier alpha value is -1.34. The Morgan fingerprint density at radius 3 is 2.76 bits per heavy atom. The SMILES string of the molecule is CC1CCNC1Cc1cccc2ccccc12. The summed E-state index contributed by atoms with van der Waals surface area (Å²) < 4.78 is 0. The topological polar surface area (TPSA) is 12.0 Å². The summed E-state index contributed by atoms with van der Waals surface area (Å²) in [5, 5.41) is 6.39. The average Bonchev–Trinajstić information content (AvgIpc) is 2.76. The molecule has 1 heterocycles. The Morgan fingerprint density at radius 1 is 1.12 bits per heavy atom. The van der Waals surface area contributed by atoms with E-state index in [-0.39, 0.29) is 0 Å². The van der Waals surface area contributed by atoms with Crippen molar-refractivity contribution < 1.29 is 0 Å². The van der Waals surface area contributed by atoms with E-state index in [1.807, 2.05) is 0 Å². The highest BCUT2D eigenvalue weighted by Crippen LogP contribution is 2.24. The first kappa shape index (κ1) is 10.8. The van der Waals surface area contributed by atoms with Crippen molar-refractivity contribution in [3.05, 3.63) is 48.0 Å². The van der Waals surface area contributed by atoms with Gasteiger partial charge in [0.15, 0.2) is 0 Å². The molecular formula is C16H19N. The van der Waals surface area contributed by atoms with Crippen molar-refractivity contribution in [1.29, 1.82) is 0 Å². The number of fused-ring (bicyclic) bond motifs is 1. The Balaban J connectivity index is 1.94. The molecule has 3 rings (SSSR count). The van der Waals surface area contributed by atoms with Crippen LogP contribution >= 0.6 is 0 Å². The highest BCUT2D eigenvalue weighted by molar-refractivity contribution is 5.85. The summed E-state index contributed by atoms with van der Waals surface area (Å²) in [7, 11) is 0. The first-order valence-corrected chi connectivity index (χ1v) is 6.54. The van der Waals surface area contributed by atoms with Crippen LogP contribution in [0.5, 0.6) is 0 Å². The molecule has 1 nitrogen and oxygen atoms in total. The van der Waals surface area contributed by atoms with Crippen molar-refractivity contribution in [2.75, 3.05) is 6.54 Å². The van der Waals surface area contributed by atoms with E-state index >= 15 is 0 Å². The standard InChI is InChI=1S/C16H19N/c1-12-9-10-17-16(12)11-14-7-4-6-13-5-2-3-8-15(13)14/h2-8,12,16-17H,9-11H2,1H3. The lowest BCUT2D eigenvalue weighted by Crippen LogP contribution is -2.28. The molecule has 0 bridgehead atoms. The molecule has 2 aromatic rings. The molecule has 0 radical (unpaired) electrons. The number of benzene rings is 2. The van der Waals surface area contributed by atoms with E-state index in [0.717, 1.165) is 12.3 Å². The normalized spacial score (nSPS) is 24.3. The van der Waals surface area contributed by atoms with Crippen LogP contribution in [0, 0.1) is 5.92 Å². The predicted molar refractivity (Wildman–Crippen MR) is 73.2 cm³/mol. The Labute approximate surface area is 103 Å². The zero-order chi connectivity index (χ0) is 11.7. The minimum Gasteiger partial charge on any atom is -0.313 e. The van der Waals surface area contributed by atoms with Crippen molar-refractivity contribution in [3.8, 4) is 0 Å². The van der Waals surface area contributed by atoms with Crippen molar-refractivity contribution in [3.63, 3.8) is 0 Å². The summed E-state index contributed by atoms with van der Waals surface area (Å²) in [6.45, 7) is 3.53. The van der Waals surface area contributed by atoms with Crippen LogP contribution in [0.4, 0.5) is 0 Å². The third kappa shape index (κ3) is 2.07. The number of nitrogens with one attached hydrogen (secondary N) is 1. The van der Waals surface area contributed by atoms with Gasteiger partial charge < -0.3 is 5.32 Å². The number of rotatable bonds is 2. The molecule has 1 aliphatic heterocycles. The zero-order valence-electron chi connectivity index (χ0n) is 10.3. The van der Waals surface area contributed by atoms with E-state index in [4.69, 9.17) is 0 Å². The Morgan fingerprint density at radius 2 is 1.94 bits per heavy atom. The monoisotopic (exact) mass is 225 g/mol. The maximum absolute atomic E-state index is 3.62. The minimum absolute atomic E-state index is 0.654. The van der Waals surface area contributed by atoms with E-state index in [0.29, 0.717) is 6.04 Å². The van der Waals surface area contributed by atoms with Gasteiger partial charge in [-0.2, -0.15) is 0 Å². The van der Waals surface area contributed by atoms with Crippen LogP contribution in [-0.4, -0.2) is 12.6 Å². The van der Waals surface area contributed by atoms with Crippen molar-refractivity contribution in [2.24, 2.45) is 5.92 Å². The molecule has 0 aliphatic carbocycles. The van der Waals surface area contributed by atoms with Gasteiger partial charge >= 0.3 is 0 Å². The second-order valence-electron chi connectivity index (χ2n) is 5.17. The highest BCUT2D eigenvalue weighted by Gasteiger charge is 2.23. The van der Waals surface area contributed by atoms with E-state index in [1.165, 1.54) is 29.3 Å². The van der Waals surface area contributed by atoms with Gasteiger partial charge in [-0.05, 0) is 41.6 Å². The molecule has 17 heavy (non-hydrogen) atoms. The molecular weight excluding hydrogens is 206 g/mol. The van der Waals surface area contributed by atoms with Crippen LogP contribution in [0.25, 0.3) is 10.8 Å². The molecule has 1 fully saturated rings. The third-order valence-electron chi connectivity index (χ3n) is 4.01. The van der Waals surface area contributed by atoms with Gasteiger partial charge in [0.25, 0.3) is 0 Å². The summed E-state index contributed by atoms with van der Waals surface area (Å²) in [6.07, 6.45) is 2.47. The molecule has 0 spiro atoms. The molecule has 2 aromatic carbocycles. The fraction of sp³-hybridized carbons (Fsp3) is 0.375. The van der Waals surface area contributed by atoms with Gasteiger partial charge in [0, 0.05) is 6.04 Å². The lowest BCUT2D eigenvalue weighted by Gasteiger charge is -2.16. The smallest absolute Gasteiger partial charge is 0.0134 e. The lowest BCUT2D eigenvalue weighted by molar-refractivity contribution is 0.481. The largest absolute Gasteiger partial charge is 0.313 e. The maximum Gasteiger partial charge on any atom is 0.0134 e. The summed E-state index contributed by atoms with van der Waals surface area (Å²) in [4.78, 5) is 0. The highest BCUT2D eigenvalue weighted by atomic mass is 14.9. The Bertz CT molecular complexity index is 512. The van der Waals surface area contributed by atoms with Gasteiger partial charge in [-0.25, -0.2) is 0 Å². The molecule has 1 heteroatoms. The first-order chi connectivity index (χ1) is 8.34. The second-order valence-corrected chi connectivity index (χ2v) is 5.17. The van der Waals surface area contributed by atoms with Crippen molar-refractivity contribution in [1.82, 2.24) is 5.32 Å². The zero-order valence-corrected chi connectivity index (χ0v) is 10.3. The van der Waals surface area contributed by atoms with Gasteiger partial charge in [0.05, 0.1) is 0 Å².